The SMILES string of the molecule is CN(C)CC(c1ccccc1)N(C)S(=O)(=O)c1ccc(Cl)c([N+](=O)[O-])c1. The Labute approximate surface area is 158 Å². The summed E-state index contributed by atoms with van der Waals surface area (Å²) in [4.78, 5) is 12.1. The Morgan fingerprint density at radius 2 is 1.73 bits per heavy atom. The van der Waals surface area contributed by atoms with Crippen LogP contribution in [0, 0.1) is 10.1 Å². The lowest BCUT2D eigenvalue weighted by Gasteiger charge is -2.30. The van der Waals surface area contributed by atoms with Crippen LogP contribution in [-0.2, 0) is 10.0 Å². The Balaban J connectivity index is 2.48. The molecule has 0 saturated heterocycles. The lowest BCUT2D eigenvalue weighted by molar-refractivity contribution is -0.384. The van der Waals surface area contributed by atoms with Crippen LogP contribution in [0.15, 0.2) is 53.4 Å². The van der Waals surface area contributed by atoms with Crippen molar-refractivity contribution in [2.24, 2.45) is 0 Å². The van der Waals surface area contributed by atoms with Gasteiger partial charge >= 0.3 is 0 Å². The summed E-state index contributed by atoms with van der Waals surface area (Å²) < 4.78 is 27.3. The van der Waals surface area contributed by atoms with Crippen molar-refractivity contribution >= 4 is 27.3 Å². The molecule has 9 heteroatoms. The van der Waals surface area contributed by atoms with Crippen LogP contribution in [0.25, 0.3) is 0 Å². The smallest absolute Gasteiger partial charge is 0.289 e. The molecule has 2 aromatic rings. The van der Waals surface area contributed by atoms with Crippen molar-refractivity contribution in [1.82, 2.24) is 9.21 Å². The van der Waals surface area contributed by atoms with E-state index in [1.165, 1.54) is 23.5 Å². The Hall–Kier alpha value is -2.00. The Bertz CT molecular complexity index is 888. The molecule has 0 heterocycles. The van der Waals surface area contributed by atoms with Gasteiger partial charge in [0, 0.05) is 19.7 Å². The number of halogens is 1. The van der Waals surface area contributed by atoms with Crippen molar-refractivity contribution < 1.29 is 13.3 Å². The normalized spacial score (nSPS) is 13.2. The number of rotatable bonds is 7. The Morgan fingerprint density at radius 1 is 1.12 bits per heavy atom. The fraction of sp³-hybridized carbons (Fsp3) is 0.294. The minimum atomic E-state index is -3.96. The van der Waals surface area contributed by atoms with Crippen LogP contribution in [-0.4, -0.2) is 50.2 Å². The molecule has 0 fully saturated rings. The molecule has 0 radical (unpaired) electrons. The van der Waals surface area contributed by atoms with Gasteiger partial charge in [0.1, 0.15) is 5.02 Å². The van der Waals surface area contributed by atoms with Crippen LogP contribution < -0.4 is 0 Å². The first-order chi connectivity index (χ1) is 12.1. The molecule has 1 atom stereocenters. The van der Waals surface area contributed by atoms with Crippen LogP contribution in [0.1, 0.15) is 11.6 Å². The molecule has 0 amide bonds. The monoisotopic (exact) mass is 397 g/mol. The van der Waals surface area contributed by atoms with E-state index < -0.39 is 26.7 Å². The number of nitrogens with zero attached hydrogens (tertiary/aromatic N) is 3. The first-order valence-electron chi connectivity index (χ1n) is 7.76. The van der Waals surface area contributed by atoms with E-state index in [0.29, 0.717) is 6.54 Å². The van der Waals surface area contributed by atoms with E-state index in [9.17, 15) is 18.5 Å². The lowest BCUT2D eigenvalue weighted by atomic mass is 10.1. The number of nitro benzene ring substituents is 1. The van der Waals surface area contributed by atoms with Crippen LogP contribution in [0.2, 0.25) is 5.02 Å². The fourth-order valence-electron chi connectivity index (χ4n) is 2.58. The molecule has 7 nitrogen and oxygen atoms in total. The van der Waals surface area contributed by atoms with Crippen molar-refractivity contribution in [3.05, 3.63) is 69.2 Å². The molecular weight excluding hydrogens is 378 g/mol. The van der Waals surface area contributed by atoms with Gasteiger partial charge in [0.2, 0.25) is 10.0 Å². The molecule has 0 aromatic heterocycles. The van der Waals surface area contributed by atoms with Gasteiger partial charge in [-0.05, 0) is 31.8 Å². The van der Waals surface area contributed by atoms with Gasteiger partial charge in [0.15, 0.2) is 0 Å². The molecule has 0 bridgehead atoms. The maximum Gasteiger partial charge on any atom is 0.289 e. The molecule has 0 aliphatic heterocycles. The Kier molecular flexibility index (Phi) is 6.35. The van der Waals surface area contributed by atoms with Gasteiger partial charge in [-0.15, -0.1) is 0 Å². The highest BCUT2D eigenvalue weighted by Crippen LogP contribution is 2.31. The van der Waals surface area contributed by atoms with Crippen molar-refractivity contribution in [2.75, 3.05) is 27.7 Å². The summed E-state index contributed by atoms with van der Waals surface area (Å²) in [5.74, 6) is 0. The first kappa shape index (κ1) is 20.3. The maximum absolute atomic E-state index is 13.1. The van der Waals surface area contributed by atoms with Crippen molar-refractivity contribution in [3.63, 3.8) is 0 Å². The molecule has 26 heavy (non-hydrogen) atoms. The number of hydrogen-bond donors (Lipinski definition) is 0. The average Bonchev–Trinajstić information content (AvgIpc) is 2.59. The van der Waals surface area contributed by atoms with Crippen molar-refractivity contribution in [1.29, 1.82) is 0 Å². The topological polar surface area (TPSA) is 83.8 Å². The summed E-state index contributed by atoms with van der Waals surface area (Å²) >= 11 is 5.79. The summed E-state index contributed by atoms with van der Waals surface area (Å²) in [5, 5.41) is 11.0. The van der Waals surface area contributed by atoms with E-state index in [-0.39, 0.29) is 9.92 Å². The molecule has 0 spiro atoms. The van der Waals surface area contributed by atoms with Crippen LogP contribution in [0.3, 0.4) is 0 Å². The third-order valence-electron chi connectivity index (χ3n) is 3.95. The minimum Gasteiger partial charge on any atom is -0.307 e. The molecule has 1 unspecified atom stereocenters. The van der Waals surface area contributed by atoms with Crippen molar-refractivity contribution in [2.45, 2.75) is 10.9 Å². The molecular formula is C17H20ClN3O4S. The van der Waals surface area contributed by atoms with Gasteiger partial charge in [-0.3, -0.25) is 10.1 Å². The van der Waals surface area contributed by atoms with Gasteiger partial charge in [-0.2, -0.15) is 4.31 Å². The third-order valence-corrected chi connectivity index (χ3v) is 6.13. The van der Waals surface area contributed by atoms with E-state index in [1.807, 2.05) is 49.3 Å². The number of hydrogen-bond acceptors (Lipinski definition) is 5. The highest BCUT2D eigenvalue weighted by molar-refractivity contribution is 7.89. The van der Waals surface area contributed by atoms with Crippen LogP contribution in [0.4, 0.5) is 5.69 Å². The average molecular weight is 398 g/mol. The van der Waals surface area contributed by atoms with Crippen molar-refractivity contribution in [3.8, 4) is 0 Å². The summed E-state index contributed by atoms with van der Waals surface area (Å²) in [6.07, 6.45) is 0. The highest BCUT2D eigenvalue weighted by atomic mass is 35.5. The van der Waals surface area contributed by atoms with Gasteiger partial charge in [0.25, 0.3) is 5.69 Å². The molecule has 0 N–H and O–H groups in total. The number of sulfonamides is 1. The largest absolute Gasteiger partial charge is 0.307 e. The lowest BCUT2D eigenvalue weighted by Crippen LogP contribution is -2.37. The second kappa shape index (κ2) is 8.13. The quantitative estimate of drug-likeness (QED) is 0.529. The third kappa shape index (κ3) is 4.39. The molecule has 2 rings (SSSR count). The van der Waals surface area contributed by atoms with Gasteiger partial charge < -0.3 is 4.90 Å². The standard InChI is InChI=1S/C17H20ClN3O4S/c1-19(2)12-17(13-7-5-4-6-8-13)20(3)26(24,25)14-9-10-15(18)16(11-14)21(22)23/h4-11,17H,12H2,1-3H3. The zero-order valence-corrected chi connectivity index (χ0v) is 16.2. The molecule has 2 aromatic carbocycles. The molecule has 0 aliphatic rings. The number of likely N-dealkylation sites (N-methyl/N-ethyl adjacent to an activating group) is 2. The zero-order valence-electron chi connectivity index (χ0n) is 14.7. The fourth-order valence-corrected chi connectivity index (χ4v) is 4.12. The predicted molar refractivity (Wildman–Crippen MR) is 101 cm³/mol. The zero-order chi connectivity index (χ0) is 19.5. The minimum absolute atomic E-state index is 0.107. The van der Waals surface area contributed by atoms with Gasteiger partial charge in [-0.1, -0.05) is 41.9 Å². The van der Waals surface area contributed by atoms with Gasteiger partial charge in [-0.25, -0.2) is 8.42 Å². The number of benzene rings is 2. The predicted octanol–water partition coefficient (Wildman–Crippen LogP) is 3.17. The summed E-state index contributed by atoms with van der Waals surface area (Å²) in [7, 11) is 1.21. The first-order valence-corrected chi connectivity index (χ1v) is 9.58. The molecule has 0 saturated carbocycles. The van der Waals surface area contributed by atoms with Gasteiger partial charge in [0.05, 0.1) is 15.9 Å². The number of nitro groups is 1. The molecule has 140 valence electrons. The van der Waals surface area contributed by atoms with E-state index >= 15 is 0 Å². The summed E-state index contributed by atoms with van der Waals surface area (Å²) in [5.41, 5.74) is 0.390. The molecule has 0 aliphatic carbocycles. The maximum atomic E-state index is 13.1. The summed E-state index contributed by atoms with van der Waals surface area (Å²) in [6, 6.07) is 12.3. The van der Waals surface area contributed by atoms with E-state index in [1.54, 1.807) is 0 Å². The second-order valence-corrected chi connectivity index (χ2v) is 8.49. The second-order valence-electron chi connectivity index (χ2n) is 6.08. The highest BCUT2D eigenvalue weighted by Gasteiger charge is 2.31. The van der Waals surface area contributed by atoms with Crippen LogP contribution >= 0.6 is 11.6 Å². The Morgan fingerprint density at radius 3 is 2.27 bits per heavy atom. The van der Waals surface area contributed by atoms with Crippen LogP contribution in [0.5, 0.6) is 0 Å². The summed E-state index contributed by atoms with van der Waals surface area (Å²) in [6.45, 7) is 0.454. The van der Waals surface area contributed by atoms with E-state index in [2.05, 4.69) is 0 Å². The van der Waals surface area contributed by atoms with E-state index in [4.69, 9.17) is 11.6 Å². The van der Waals surface area contributed by atoms with E-state index in [0.717, 1.165) is 11.6 Å².